The second kappa shape index (κ2) is 4.95. The molecule has 2 aromatic rings. The zero-order valence-corrected chi connectivity index (χ0v) is 10.3. The van der Waals surface area contributed by atoms with Gasteiger partial charge in [-0.2, -0.15) is 5.10 Å². The number of Topliss-reactive ketones (excluding diaryl/α,β-unsaturated/α-hetero) is 1. The molecule has 18 heavy (non-hydrogen) atoms. The van der Waals surface area contributed by atoms with Crippen molar-refractivity contribution in [3.63, 3.8) is 0 Å². The van der Waals surface area contributed by atoms with E-state index in [1.165, 1.54) is 13.1 Å². The van der Waals surface area contributed by atoms with Crippen LogP contribution in [-0.4, -0.2) is 26.9 Å². The molecule has 94 valence electrons. The first-order valence-electron chi connectivity index (χ1n) is 5.76. The fourth-order valence-corrected chi connectivity index (χ4v) is 1.61. The van der Waals surface area contributed by atoms with E-state index in [0.717, 1.165) is 6.42 Å². The molecule has 0 aliphatic carbocycles. The Morgan fingerprint density at radius 1 is 1.44 bits per heavy atom. The normalized spacial score (nSPS) is 10.6. The van der Waals surface area contributed by atoms with Gasteiger partial charge < -0.3 is 5.32 Å². The standard InChI is InChI=1S/C12H14N4O2/c1-3-4-10(18)14-12-9-5-8(7(2)17)6-13-11(9)15-16-12/h5-6H,3-4H2,1-2H3,(H2,13,14,15,16,18). The van der Waals surface area contributed by atoms with E-state index in [-0.39, 0.29) is 11.7 Å². The minimum absolute atomic E-state index is 0.0727. The molecule has 0 aromatic carbocycles. The Balaban J connectivity index is 2.36. The fraction of sp³-hybridized carbons (Fsp3) is 0.333. The number of carbonyl (C=O) groups excluding carboxylic acids is 2. The molecule has 1 amide bonds. The average molecular weight is 246 g/mol. The lowest BCUT2D eigenvalue weighted by Gasteiger charge is -2.01. The van der Waals surface area contributed by atoms with Crippen LogP contribution in [0.2, 0.25) is 0 Å². The van der Waals surface area contributed by atoms with Crippen LogP contribution in [0.1, 0.15) is 37.0 Å². The third-order valence-electron chi connectivity index (χ3n) is 2.56. The first-order chi connectivity index (χ1) is 8.61. The third-order valence-corrected chi connectivity index (χ3v) is 2.56. The van der Waals surface area contributed by atoms with Crippen LogP contribution >= 0.6 is 0 Å². The van der Waals surface area contributed by atoms with E-state index in [2.05, 4.69) is 20.5 Å². The summed E-state index contributed by atoms with van der Waals surface area (Å²) in [7, 11) is 0. The number of aromatic nitrogens is 3. The largest absolute Gasteiger partial charge is 0.309 e. The Kier molecular flexibility index (Phi) is 3.36. The summed E-state index contributed by atoms with van der Waals surface area (Å²) in [6, 6.07) is 1.68. The van der Waals surface area contributed by atoms with Crippen molar-refractivity contribution >= 4 is 28.5 Å². The minimum Gasteiger partial charge on any atom is -0.309 e. The Labute approximate surface area is 104 Å². The van der Waals surface area contributed by atoms with Crippen LogP contribution in [0.5, 0.6) is 0 Å². The Morgan fingerprint density at radius 2 is 2.22 bits per heavy atom. The van der Waals surface area contributed by atoms with Crippen molar-refractivity contribution in [1.29, 1.82) is 0 Å². The molecular weight excluding hydrogens is 232 g/mol. The lowest BCUT2D eigenvalue weighted by Crippen LogP contribution is -2.11. The summed E-state index contributed by atoms with van der Waals surface area (Å²) in [5, 5.41) is 10.0. The zero-order valence-electron chi connectivity index (χ0n) is 10.3. The summed E-state index contributed by atoms with van der Waals surface area (Å²) in [5.41, 5.74) is 1.04. The third kappa shape index (κ3) is 2.37. The molecule has 6 heteroatoms. The highest BCUT2D eigenvalue weighted by Gasteiger charge is 2.11. The molecule has 6 nitrogen and oxygen atoms in total. The maximum Gasteiger partial charge on any atom is 0.225 e. The van der Waals surface area contributed by atoms with Crippen molar-refractivity contribution in [3.8, 4) is 0 Å². The number of nitrogens with zero attached hydrogens (tertiary/aromatic N) is 2. The summed E-state index contributed by atoms with van der Waals surface area (Å²) in [6.45, 7) is 3.40. The second-order valence-electron chi connectivity index (χ2n) is 4.05. The highest BCUT2D eigenvalue weighted by molar-refractivity contribution is 6.02. The van der Waals surface area contributed by atoms with Crippen molar-refractivity contribution < 1.29 is 9.59 Å². The topological polar surface area (TPSA) is 87.7 Å². The van der Waals surface area contributed by atoms with Crippen molar-refractivity contribution in [2.45, 2.75) is 26.7 Å². The number of hydrogen-bond donors (Lipinski definition) is 2. The van der Waals surface area contributed by atoms with E-state index in [1.54, 1.807) is 6.07 Å². The highest BCUT2D eigenvalue weighted by Crippen LogP contribution is 2.20. The molecule has 0 atom stereocenters. The summed E-state index contributed by atoms with van der Waals surface area (Å²) in [5.74, 6) is 0.245. The number of ketones is 1. The maximum atomic E-state index is 11.5. The number of H-pyrrole nitrogens is 1. The number of amides is 1. The lowest BCUT2D eigenvalue weighted by molar-refractivity contribution is -0.116. The van der Waals surface area contributed by atoms with Crippen LogP contribution in [-0.2, 0) is 4.79 Å². The Morgan fingerprint density at radius 3 is 2.89 bits per heavy atom. The molecule has 0 spiro atoms. The van der Waals surface area contributed by atoms with Gasteiger partial charge in [0.25, 0.3) is 0 Å². The molecule has 2 aromatic heterocycles. The molecule has 2 heterocycles. The summed E-state index contributed by atoms with van der Waals surface area (Å²) >= 11 is 0. The molecule has 2 N–H and O–H groups in total. The number of hydrogen-bond acceptors (Lipinski definition) is 4. The van der Waals surface area contributed by atoms with Gasteiger partial charge in [-0.05, 0) is 19.4 Å². The lowest BCUT2D eigenvalue weighted by atomic mass is 10.2. The predicted octanol–water partition coefficient (Wildman–Crippen LogP) is 1.90. The molecular formula is C12H14N4O2. The maximum absolute atomic E-state index is 11.5. The fourth-order valence-electron chi connectivity index (χ4n) is 1.61. The molecule has 0 bridgehead atoms. The summed E-state index contributed by atoms with van der Waals surface area (Å²) < 4.78 is 0. The van der Waals surface area contributed by atoms with Crippen molar-refractivity contribution in [1.82, 2.24) is 15.2 Å². The number of nitrogens with one attached hydrogen (secondary N) is 2. The summed E-state index contributed by atoms with van der Waals surface area (Å²) in [4.78, 5) is 26.9. The van der Waals surface area contributed by atoms with Gasteiger partial charge in [0.15, 0.2) is 17.2 Å². The summed E-state index contributed by atoms with van der Waals surface area (Å²) in [6.07, 6.45) is 2.69. The van der Waals surface area contributed by atoms with Crippen molar-refractivity contribution in [3.05, 3.63) is 17.8 Å². The predicted molar refractivity (Wildman–Crippen MR) is 67.4 cm³/mol. The van der Waals surface area contributed by atoms with E-state index in [4.69, 9.17) is 0 Å². The van der Waals surface area contributed by atoms with Crippen LogP contribution in [0, 0.1) is 0 Å². The second-order valence-corrected chi connectivity index (χ2v) is 4.05. The highest BCUT2D eigenvalue weighted by atomic mass is 16.1. The molecule has 2 rings (SSSR count). The molecule has 0 unspecified atom stereocenters. The van der Waals surface area contributed by atoms with Gasteiger partial charge >= 0.3 is 0 Å². The molecule has 0 aliphatic rings. The van der Waals surface area contributed by atoms with E-state index in [1.807, 2.05) is 6.92 Å². The van der Waals surface area contributed by atoms with E-state index in [9.17, 15) is 9.59 Å². The minimum atomic E-state index is -0.0980. The molecule has 0 saturated heterocycles. The van der Waals surface area contributed by atoms with Gasteiger partial charge in [0.2, 0.25) is 5.91 Å². The van der Waals surface area contributed by atoms with Crippen LogP contribution < -0.4 is 5.32 Å². The Bertz CT molecular complexity index is 603. The SMILES string of the molecule is CCCC(=O)Nc1n[nH]c2ncc(C(C)=O)cc12. The van der Waals surface area contributed by atoms with Gasteiger partial charge in [-0.25, -0.2) is 4.98 Å². The Hall–Kier alpha value is -2.24. The van der Waals surface area contributed by atoms with Gasteiger partial charge in [0.05, 0.1) is 5.39 Å². The molecule has 0 fully saturated rings. The van der Waals surface area contributed by atoms with Gasteiger partial charge in [0, 0.05) is 18.2 Å². The van der Waals surface area contributed by atoms with E-state index >= 15 is 0 Å². The number of rotatable bonds is 4. The van der Waals surface area contributed by atoms with Crippen LogP contribution in [0.25, 0.3) is 11.0 Å². The molecule has 0 saturated carbocycles. The van der Waals surface area contributed by atoms with Crippen molar-refractivity contribution in [2.75, 3.05) is 5.32 Å². The van der Waals surface area contributed by atoms with E-state index in [0.29, 0.717) is 28.8 Å². The first-order valence-corrected chi connectivity index (χ1v) is 5.76. The zero-order chi connectivity index (χ0) is 13.1. The van der Waals surface area contributed by atoms with Crippen LogP contribution in [0.15, 0.2) is 12.3 Å². The van der Waals surface area contributed by atoms with Crippen LogP contribution in [0.4, 0.5) is 5.82 Å². The van der Waals surface area contributed by atoms with Gasteiger partial charge in [-0.3, -0.25) is 14.7 Å². The van der Waals surface area contributed by atoms with E-state index < -0.39 is 0 Å². The van der Waals surface area contributed by atoms with Crippen LogP contribution in [0.3, 0.4) is 0 Å². The quantitative estimate of drug-likeness (QED) is 0.806. The molecule has 0 radical (unpaired) electrons. The number of anilines is 1. The average Bonchev–Trinajstić information content (AvgIpc) is 2.72. The van der Waals surface area contributed by atoms with Crippen molar-refractivity contribution in [2.24, 2.45) is 0 Å². The number of fused-ring (bicyclic) bond motifs is 1. The number of carbonyl (C=O) groups is 2. The van der Waals surface area contributed by atoms with Gasteiger partial charge in [-0.1, -0.05) is 6.92 Å². The smallest absolute Gasteiger partial charge is 0.225 e. The van der Waals surface area contributed by atoms with Gasteiger partial charge in [-0.15, -0.1) is 0 Å². The van der Waals surface area contributed by atoms with Gasteiger partial charge in [0.1, 0.15) is 0 Å². The first kappa shape index (κ1) is 12.2. The number of aromatic amines is 1. The number of pyridine rings is 1. The molecule has 0 aliphatic heterocycles. The monoisotopic (exact) mass is 246 g/mol.